The van der Waals surface area contributed by atoms with Gasteiger partial charge in [-0.25, -0.2) is 0 Å². The first-order valence-corrected chi connectivity index (χ1v) is 7.09. The normalized spacial score (nSPS) is 12.2. The number of halogens is 1. The van der Waals surface area contributed by atoms with Crippen molar-refractivity contribution in [3.63, 3.8) is 0 Å². The second kappa shape index (κ2) is 8.94. The average Bonchev–Trinajstić information content (AvgIpc) is 2.37. The molecule has 106 valence electrons. The Bertz CT molecular complexity index is 389. The maximum absolute atomic E-state index is 11.9. The van der Waals surface area contributed by atoms with Crippen molar-refractivity contribution in [1.29, 1.82) is 0 Å². The highest BCUT2D eigenvalue weighted by Gasteiger charge is 2.11. The SMILES string of the molecule is COCC(CCCl)NC(=O)CCc1cccc(C)c1. The third-order valence-electron chi connectivity index (χ3n) is 2.91. The van der Waals surface area contributed by atoms with Crippen LogP contribution < -0.4 is 5.32 Å². The summed E-state index contributed by atoms with van der Waals surface area (Å²) >= 11 is 5.70. The van der Waals surface area contributed by atoms with Gasteiger partial charge in [0, 0.05) is 19.4 Å². The topological polar surface area (TPSA) is 38.3 Å². The molecule has 0 saturated heterocycles. The lowest BCUT2D eigenvalue weighted by Crippen LogP contribution is -2.38. The van der Waals surface area contributed by atoms with E-state index in [-0.39, 0.29) is 11.9 Å². The van der Waals surface area contributed by atoms with Gasteiger partial charge in [0.1, 0.15) is 0 Å². The van der Waals surface area contributed by atoms with E-state index in [1.54, 1.807) is 7.11 Å². The smallest absolute Gasteiger partial charge is 0.220 e. The van der Waals surface area contributed by atoms with Gasteiger partial charge >= 0.3 is 0 Å². The van der Waals surface area contributed by atoms with E-state index in [9.17, 15) is 4.79 Å². The molecule has 0 aliphatic carbocycles. The predicted octanol–water partition coefficient (Wildman–Crippen LogP) is 2.69. The number of amides is 1. The Morgan fingerprint density at radius 1 is 1.47 bits per heavy atom. The molecule has 0 heterocycles. The molecule has 1 aromatic carbocycles. The molecule has 0 aromatic heterocycles. The molecular formula is C15H22ClNO2. The summed E-state index contributed by atoms with van der Waals surface area (Å²) in [5.41, 5.74) is 2.41. The number of alkyl halides is 1. The monoisotopic (exact) mass is 283 g/mol. The minimum atomic E-state index is 0.00695. The summed E-state index contributed by atoms with van der Waals surface area (Å²) in [6.07, 6.45) is 1.98. The number of aryl methyl sites for hydroxylation is 2. The van der Waals surface area contributed by atoms with Crippen LogP contribution >= 0.6 is 11.6 Å². The molecule has 0 saturated carbocycles. The molecule has 0 aliphatic rings. The maximum Gasteiger partial charge on any atom is 0.220 e. The zero-order chi connectivity index (χ0) is 14.1. The zero-order valence-electron chi connectivity index (χ0n) is 11.6. The summed E-state index contributed by atoms with van der Waals surface area (Å²) in [7, 11) is 1.63. The van der Waals surface area contributed by atoms with Crippen molar-refractivity contribution in [2.45, 2.75) is 32.2 Å². The number of carbonyl (C=O) groups is 1. The standard InChI is InChI=1S/C15H22ClNO2/c1-12-4-3-5-13(10-12)6-7-15(18)17-14(8-9-16)11-19-2/h3-5,10,14H,6-9,11H2,1-2H3,(H,17,18). The summed E-state index contributed by atoms with van der Waals surface area (Å²) in [6, 6.07) is 8.24. The molecule has 0 bridgehead atoms. The number of nitrogens with one attached hydrogen (secondary N) is 1. The van der Waals surface area contributed by atoms with Gasteiger partial charge in [-0.15, -0.1) is 11.6 Å². The average molecular weight is 284 g/mol. The highest BCUT2D eigenvalue weighted by atomic mass is 35.5. The van der Waals surface area contributed by atoms with Crippen molar-refractivity contribution in [1.82, 2.24) is 5.32 Å². The van der Waals surface area contributed by atoms with E-state index < -0.39 is 0 Å². The van der Waals surface area contributed by atoms with Crippen molar-refractivity contribution in [3.8, 4) is 0 Å². The molecule has 19 heavy (non-hydrogen) atoms. The van der Waals surface area contributed by atoms with Crippen LogP contribution in [0.1, 0.15) is 24.0 Å². The first-order chi connectivity index (χ1) is 9.15. The van der Waals surface area contributed by atoms with Crippen LogP contribution in [0.3, 0.4) is 0 Å². The van der Waals surface area contributed by atoms with Crippen molar-refractivity contribution >= 4 is 17.5 Å². The lowest BCUT2D eigenvalue weighted by molar-refractivity contribution is -0.122. The Balaban J connectivity index is 2.37. The first-order valence-electron chi connectivity index (χ1n) is 6.55. The molecule has 0 fully saturated rings. The molecule has 0 radical (unpaired) electrons. The molecule has 0 aliphatic heterocycles. The maximum atomic E-state index is 11.9. The van der Waals surface area contributed by atoms with E-state index in [4.69, 9.17) is 16.3 Å². The van der Waals surface area contributed by atoms with Crippen LogP contribution in [0.4, 0.5) is 0 Å². The number of ether oxygens (including phenoxy) is 1. The lowest BCUT2D eigenvalue weighted by Gasteiger charge is -2.16. The second-order valence-electron chi connectivity index (χ2n) is 4.69. The van der Waals surface area contributed by atoms with E-state index in [0.717, 1.165) is 12.8 Å². The third kappa shape index (κ3) is 6.60. The third-order valence-corrected chi connectivity index (χ3v) is 3.13. The highest BCUT2D eigenvalue weighted by molar-refractivity contribution is 6.17. The van der Waals surface area contributed by atoms with Crippen molar-refractivity contribution in [2.75, 3.05) is 19.6 Å². The van der Waals surface area contributed by atoms with Crippen molar-refractivity contribution in [3.05, 3.63) is 35.4 Å². The number of methoxy groups -OCH3 is 1. The summed E-state index contributed by atoms with van der Waals surface area (Å²) in [6.45, 7) is 2.56. The van der Waals surface area contributed by atoms with Crippen LogP contribution in [0.25, 0.3) is 0 Å². The molecule has 1 rings (SSSR count). The fourth-order valence-corrected chi connectivity index (χ4v) is 2.22. The fraction of sp³-hybridized carbons (Fsp3) is 0.533. The Morgan fingerprint density at radius 3 is 2.89 bits per heavy atom. The molecule has 1 aromatic rings. The zero-order valence-corrected chi connectivity index (χ0v) is 12.4. The largest absolute Gasteiger partial charge is 0.383 e. The summed E-state index contributed by atoms with van der Waals surface area (Å²) in [5.74, 6) is 0.570. The summed E-state index contributed by atoms with van der Waals surface area (Å²) < 4.78 is 5.06. The van der Waals surface area contributed by atoms with Crippen LogP contribution in [0.15, 0.2) is 24.3 Å². The van der Waals surface area contributed by atoms with Crippen LogP contribution in [0.2, 0.25) is 0 Å². The van der Waals surface area contributed by atoms with Gasteiger partial charge in [0.25, 0.3) is 0 Å². The Labute approximate surface area is 120 Å². The van der Waals surface area contributed by atoms with Crippen LogP contribution in [-0.2, 0) is 16.0 Å². The van der Waals surface area contributed by atoms with Gasteiger partial charge in [-0.2, -0.15) is 0 Å². The number of benzene rings is 1. The van der Waals surface area contributed by atoms with E-state index in [1.165, 1.54) is 11.1 Å². The molecular weight excluding hydrogens is 262 g/mol. The second-order valence-corrected chi connectivity index (χ2v) is 5.06. The quantitative estimate of drug-likeness (QED) is 0.745. The Hall–Kier alpha value is -1.06. The van der Waals surface area contributed by atoms with Gasteiger partial charge in [-0.05, 0) is 25.3 Å². The predicted molar refractivity (Wildman–Crippen MR) is 78.6 cm³/mol. The highest BCUT2D eigenvalue weighted by Crippen LogP contribution is 2.07. The molecule has 1 N–H and O–H groups in total. The summed E-state index contributed by atoms with van der Waals surface area (Å²) in [5, 5.41) is 2.96. The molecule has 1 unspecified atom stereocenters. The number of hydrogen-bond donors (Lipinski definition) is 1. The van der Waals surface area contributed by atoms with E-state index in [0.29, 0.717) is 18.9 Å². The van der Waals surface area contributed by atoms with Gasteiger partial charge < -0.3 is 10.1 Å². The first kappa shape index (κ1) is 16.0. The Morgan fingerprint density at radius 2 is 2.26 bits per heavy atom. The minimum Gasteiger partial charge on any atom is -0.383 e. The van der Waals surface area contributed by atoms with E-state index in [2.05, 4.69) is 24.4 Å². The van der Waals surface area contributed by atoms with Crippen LogP contribution in [-0.4, -0.2) is 31.5 Å². The molecule has 0 spiro atoms. The van der Waals surface area contributed by atoms with E-state index in [1.807, 2.05) is 12.1 Å². The van der Waals surface area contributed by atoms with Gasteiger partial charge in [0.05, 0.1) is 12.6 Å². The number of rotatable bonds is 8. The fourth-order valence-electron chi connectivity index (χ4n) is 1.96. The van der Waals surface area contributed by atoms with E-state index >= 15 is 0 Å². The van der Waals surface area contributed by atoms with Crippen molar-refractivity contribution < 1.29 is 9.53 Å². The van der Waals surface area contributed by atoms with Crippen LogP contribution in [0, 0.1) is 6.92 Å². The molecule has 4 heteroatoms. The molecule has 1 atom stereocenters. The lowest BCUT2D eigenvalue weighted by atomic mass is 10.1. The van der Waals surface area contributed by atoms with Gasteiger partial charge in [0.2, 0.25) is 5.91 Å². The van der Waals surface area contributed by atoms with Gasteiger partial charge in [-0.3, -0.25) is 4.79 Å². The van der Waals surface area contributed by atoms with Gasteiger partial charge in [-0.1, -0.05) is 29.8 Å². The molecule has 3 nitrogen and oxygen atoms in total. The van der Waals surface area contributed by atoms with Crippen LogP contribution in [0.5, 0.6) is 0 Å². The molecule has 1 amide bonds. The minimum absolute atomic E-state index is 0.00695. The number of hydrogen-bond acceptors (Lipinski definition) is 2. The number of carbonyl (C=O) groups excluding carboxylic acids is 1. The Kier molecular flexibility index (Phi) is 7.53. The van der Waals surface area contributed by atoms with Crippen molar-refractivity contribution in [2.24, 2.45) is 0 Å². The van der Waals surface area contributed by atoms with Gasteiger partial charge in [0.15, 0.2) is 0 Å². The summed E-state index contributed by atoms with van der Waals surface area (Å²) in [4.78, 5) is 11.9.